The molecule has 0 N–H and O–H groups in total. The van der Waals surface area contributed by atoms with Crippen molar-refractivity contribution in [3.05, 3.63) is 0 Å². The second-order valence-electron chi connectivity index (χ2n) is 4.81. The first-order chi connectivity index (χ1) is 6.68. The average Bonchev–Trinajstić information content (AvgIpc) is 2.76. The maximum absolute atomic E-state index is 9.39. The first kappa shape index (κ1) is 9.95. The van der Waals surface area contributed by atoms with Crippen molar-refractivity contribution in [3.63, 3.8) is 0 Å². The van der Waals surface area contributed by atoms with E-state index in [1.54, 1.807) is 0 Å². The van der Waals surface area contributed by atoms with Crippen LogP contribution in [0.1, 0.15) is 26.2 Å². The van der Waals surface area contributed by atoms with Gasteiger partial charge in [-0.1, -0.05) is 0 Å². The molecule has 2 atom stereocenters. The number of nitrogens with zero attached hydrogens (tertiary/aromatic N) is 3. The van der Waals surface area contributed by atoms with Gasteiger partial charge in [0.2, 0.25) is 0 Å². The first-order valence-electron chi connectivity index (χ1n) is 5.54. The van der Waals surface area contributed by atoms with Gasteiger partial charge in [0.25, 0.3) is 0 Å². The van der Waals surface area contributed by atoms with Gasteiger partial charge in [0.1, 0.15) is 5.54 Å². The SMILES string of the molecule is CC1CC(C#N)(N2CCCC2)CN1C. The van der Waals surface area contributed by atoms with Crippen molar-refractivity contribution in [2.24, 2.45) is 0 Å². The number of likely N-dealkylation sites (N-methyl/N-ethyl adjacent to an activating group) is 1. The van der Waals surface area contributed by atoms with Crippen molar-refractivity contribution in [2.75, 3.05) is 26.7 Å². The van der Waals surface area contributed by atoms with Crippen molar-refractivity contribution in [1.82, 2.24) is 9.80 Å². The minimum atomic E-state index is -0.176. The molecule has 2 unspecified atom stereocenters. The van der Waals surface area contributed by atoms with E-state index in [1.165, 1.54) is 12.8 Å². The standard InChI is InChI=1S/C11H19N3/c1-10-7-11(8-12,9-13(10)2)14-5-3-4-6-14/h10H,3-7,9H2,1-2H3. The number of rotatable bonds is 1. The maximum Gasteiger partial charge on any atom is 0.123 e. The van der Waals surface area contributed by atoms with E-state index in [0.29, 0.717) is 6.04 Å². The summed E-state index contributed by atoms with van der Waals surface area (Å²) in [6.07, 6.45) is 3.54. The monoisotopic (exact) mass is 193 g/mol. The van der Waals surface area contributed by atoms with E-state index in [0.717, 1.165) is 26.1 Å². The minimum absolute atomic E-state index is 0.176. The minimum Gasteiger partial charge on any atom is -0.301 e. The summed E-state index contributed by atoms with van der Waals surface area (Å²) in [6, 6.07) is 3.12. The normalized spacial score (nSPS) is 40.2. The van der Waals surface area contributed by atoms with Gasteiger partial charge in [-0.2, -0.15) is 5.26 Å². The van der Waals surface area contributed by atoms with E-state index in [4.69, 9.17) is 0 Å². The molecule has 0 aromatic heterocycles. The molecule has 2 aliphatic heterocycles. The van der Waals surface area contributed by atoms with E-state index in [-0.39, 0.29) is 5.54 Å². The van der Waals surface area contributed by atoms with Crippen LogP contribution in [-0.4, -0.2) is 48.1 Å². The molecule has 14 heavy (non-hydrogen) atoms. The lowest BCUT2D eigenvalue weighted by molar-refractivity contribution is 0.179. The first-order valence-corrected chi connectivity index (χ1v) is 5.54. The third-order valence-electron chi connectivity index (χ3n) is 3.82. The highest BCUT2D eigenvalue weighted by molar-refractivity contribution is 5.16. The lowest BCUT2D eigenvalue weighted by Gasteiger charge is -2.31. The summed E-state index contributed by atoms with van der Waals surface area (Å²) in [6.45, 7) is 5.38. The molecule has 0 amide bonds. The summed E-state index contributed by atoms with van der Waals surface area (Å²) >= 11 is 0. The van der Waals surface area contributed by atoms with Crippen LogP contribution in [0.5, 0.6) is 0 Å². The highest BCUT2D eigenvalue weighted by atomic mass is 15.3. The van der Waals surface area contributed by atoms with E-state index in [9.17, 15) is 5.26 Å². The molecule has 2 aliphatic rings. The van der Waals surface area contributed by atoms with E-state index < -0.39 is 0 Å². The molecular formula is C11H19N3. The van der Waals surface area contributed by atoms with Crippen LogP contribution in [0, 0.1) is 11.3 Å². The largest absolute Gasteiger partial charge is 0.301 e. The number of nitriles is 1. The fourth-order valence-electron chi connectivity index (χ4n) is 2.80. The van der Waals surface area contributed by atoms with Gasteiger partial charge in [-0.3, -0.25) is 4.90 Å². The molecule has 3 heteroatoms. The van der Waals surface area contributed by atoms with E-state index in [2.05, 4.69) is 29.8 Å². The number of likely N-dealkylation sites (tertiary alicyclic amines) is 2. The van der Waals surface area contributed by atoms with Gasteiger partial charge < -0.3 is 4.90 Å². The summed E-state index contributed by atoms with van der Waals surface area (Å²) in [4.78, 5) is 4.70. The Morgan fingerprint density at radius 1 is 1.36 bits per heavy atom. The molecule has 2 fully saturated rings. The molecule has 3 nitrogen and oxygen atoms in total. The molecule has 2 heterocycles. The van der Waals surface area contributed by atoms with Crippen molar-refractivity contribution in [2.45, 2.75) is 37.8 Å². The Morgan fingerprint density at radius 3 is 2.43 bits per heavy atom. The number of hydrogen-bond donors (Lipinski definition) is 0. The second-order valence-corrected chi connectivity index (χ2v) is 4.81. The van der Waals surface area contributed by atoms with Crippen LogP contribution in [0.2, 0.25) is 0 Å². The predicted molar refractivity (Wildman–Crippen MR) is 55.9 cm³/mol. The predicted octanol–water partition coefficient (Wildman–Crippen LogP) is 1.07. The third-order valence-corrected chi connectivity index (χ3v) is 3.82. The molecule has 0 saturated carbocycles. The van der Waals surface area contributed by atoms with Crippen molar-refractivity contribution in [1.29, 1.82) is 5.26 Å². The van der Waals surface area contributed by atoms with Crippen LogP contribution in [0.4, 0.5) is 0 Å². The zero-order valence-electron chi connectivity index (χ0n) is 9.16. The Hall–Kier alpha value is -0.590. The van der Waals surface area contributed by atoms with Gasteiger partial charge in [-0.15, -0.1) is 0 Å². The van der Waals surface area contributed by atoms with Crippen LogP contribution in [0.15, 0.2) is 0 Å². The van der Waals surface area contributed by atoms with Crippen molar-refractivity contribution < 1.29 is 0 Å². The summed E-state index contributed by atoms with van der Waals surface area (Å²) in [5.74, 6) is 0. The molecule has 0 aliphatic carbocycles. The second kappa shape index (κ2) is 3.52. The van der Waals surface area contributed by atoms with Gasteiger partial charge >= 0.3 is 0 Å². The molecule has 0 aromatic rings. The number of hydrogen-bond acceptors (Lipinski definition) is 3. The Balaban J connectivity index is 2.15. The highest BCUT2D eigenvalue weighted by Crippen LogP contribution is 2.33. The van der Waals surface area contributed by atoms with Gasteiger partial charge in [0.05, 0.1) is 6.07 Å². The van der Waals surface area contributed by atoms with Crippen LogP contribution in [-0.2, 0) is 0 Å². The summed E-state index contributed by atoms with van der Waals surface area (Å²) < 4.78 is 0. The summed E-state index contributed by atoms with van der Waals surface area (Å²) in [5.41, 5.74) is -0.176. The fourth-order valence-corrected chi connectivity index (χ4v) is 2.80. The molecule has 0 radical (unpaired) electrons. The van der Waals surface area contributed by atoms with Gasteiger partial charge in [0, 0.05) is 12.6 Å². The quantitative estimate of drug-likeness (QED) is 0.624. The van der Waals surface area contributed by atoms with E-state index >= 15 is 0 Å². The lowest BCUT2D eigenvalue weighted by Crippen LogP contribution is -2.47. The summed E-state index contributed by atoms with van der Waals surface area (Å²) in [5, 5.41) is 9.39. The Bertz CT molecular complexity index is 240. The van der Waals surface area contributed by atoms with E-state index in [1.807, 2.05) is 0 Å². The van der Waals surface area contributed by atoms with Crippen LogP contribution >= 0.6 is 0 Å². The Kier molecular flexibility index (Phi) is 2.50. The zero-order valence-corrected chi connectivity index (χ0v) is 9.16. The molecule has 78 valence electrons. The lowest BCUT2D eigenvalue weighted by atomic mass is 9.96. The average molecular weight is 193 g/mol. The Morgan fingerprint density at radius 2 is 2.00 bits per heavy atom. The van der Waals surface area contributed by atoms with Crippen molar-refractivity contribution in [3.8, 4) is 6.07 Å². The molecule has 2 rings (SSSR count). The molecule has 0 aromatic carbocycles. The molecule has 2 saturated heterocycles. The van der Waals surface area contributed by atoms with Gasteiger partial charge in [-0.25, -0.2) is 0 Å². The Labute approximate surface area is 86.3 Å². The smallest absolute Gasteiger partial charge is 0.123 e. The zero-order chi connectivity index (χ0) is 10.2. The maximum atomic E-state index is 9.39. The molecule has 0 bridgehead atoms. The highest BCUT2D eigenvalue weighted by Gasteiger charge is 2.46. The molecule has 0 spiro atoms. The summed E-state index contributed by atoms with van der Waals surface area (Å²) in [7, 11) is 2.12. The van der Waals surface area contributed by atoms with Gasteiger partial charge in [-0.05, 0) is 46.3 Å². The molecular weight excluding hydrogens is 174 g/mol. The van der Waals surface area contributed by atoms with Crippen LogP contribution in [0.3, 0.4) is 0 Å². The van der Waals surface area contributed by atoms with Crippen LogP contribution in [0.25, 0.3) is 0 Å². The van der Waals surface area contributed by atoms with Crippen molar-refractivity contribution >= 4 is 0 Å². The van der Waals surface area contributed by atoms with Gasteiger partial charge in [0.15, 0.2) is 0 Å². The fraction of sp³-hybridized carbons (Fsp3) is 0.909. The third kappa shape index (κ3) is 1.43. The topological polar surface area (TPSA) is 30.3 Å². The van der Waals surface area contributed by atoms with Crippen LogP contribution < -0.4 is 0 Å².